The predicted octanol–water partition coefficient (Wildman–Crippen LogP) is 1.79. The summed E-state index contributed by atoms with van der Waals surface area (Å²) < 4.78 is 5.15. The molecule has 0 amide bonds. The first kappa shape index (κ1) is 9.18. The highest BCUT2D eigenvalue weighted by Gasteiger charge is 2.03. The van der Waals surface area contributed by atoms with Gasteiger partial charge in [-0.05, 0) is 24.6 Å². The summed E-state index contributed by atoms with van der Waals surface area (Å²) in [5, 5.41) is 4.95. The zero-order valence-electron chi connectivity index (χ0n) is 8.20. The highest BCUT2D eigenvalue weighted by molar-refractivity contribution is 5.79. The molecule has 4 nitrogen and oxygen atoms in total. The van der Waals surface area contributed by atoms with Crippen LogP contribution in [0.3, 0.4) is 0 Å². The zero-order valence-corrected chi connectivity index (χ0v) is 8.20. The quantitative estimate of drug-likeness (QED) is 0.753. The molecule has 1 N–H and O–H groups in total. The third kappa shape index (κ3) is 1.62. The van der Waals surface area contributed by atoms with Gasteiger partial charge < -0.3 is 9.36 Å². The Balaban J connectivity index is 2.32. The lowest BCUT2D eigenvalue weighted by molar-refractivity contribution is 0.0867. The maximum absolute atomic E-state index is 5.15. The minimum absolute atomic E-state index is 0.659. The fraction of sp³-hybridized carbons (Fsp3) is 0.300. The van der Waals surface area contributed by atoms with Crippen LogP contribution >= 0.6 is 0 Å². The van der Waals surface area contributed by atoms with Crippen molar-refractivity contribution in [1.82, 2.24) is 10.6 Å². The van der Waals surface area contributed by atoms with Crippen LogP contribution < -0.4 is 5.48 Å². The second-order valence-electron chi connectivity index (χ2n) is 3.12. The van der Waals surface area contributed by atoms with E-state index in [1.165, 1.54) is 0 Å². The van der Waals surface area contributed by atoms with Crippen LogP contribution in [0.4, 0.5) is 0 Å². The van der Waals surface area contributed by atoms with Crippen molar-refractivity contribution < 1.29 is 9.36 Å². The average Bonchev–Trinajstić information content (AvgIpc) is 2.57. The van der Waals surface area contributed by atoms with Gasteiger partial charge in [-0.15, -0.1) is 0 Å². The Hall–Kier alpha value is -1.39. The van der Waals surface area contributed by atoms with Crippen LogP contribution in [-0.4, -0.2) is 12.3 Å². The minimum Gasteiger partial charge on any atom is -0.356 e. The number of nitrogens with one attached hydrogen (secondary N) is 1. The smallest absolute Gasteiger partial charge is 0.167 e. The van der Waals surface area contributed by atoms with Gasteiger partial charge in [0.05, 0.1) is 12.8 Å². The van der Waals surface area contributed by atoms with E-state index in [2.05, 4.69) is 10.6 Å². The lowest BCUT2D eigenvalue weighted by Gasteiger charge is -2.00. The Kier molecular flexibility index (Phi) is 2.47. The normalized spacial score (nSPS) is 11.0. The van der Waals surface area contributed by atoms with Gasteiger partial charge in [0.1, 0.15) is 0 Å². The minimum atomic E-state index is 0.659. The molecule has 0 unspecified atom stereocenters. The molecule has 0 atom stereocenters. The molecule has 0 fully saturated rings. The van der Waals surface area contributed by atoms with Gasteiger partial charge in [-0.1, -0.05) is 11.2 Å². The van der Waals surface area contributed by atoms with Crippen molar-refractivity contribution in [2.75, 3.05) is 7.11 Å². The van der Waals surface area contributed by atoms with E-state index >= 15 is 0 Å². The summed E-state index contributed by atoms with van der Waals surface area (Å²) >= 11 is 0. The number of hydrogen-bond acceptors (Lipinski definition) is 4. The molecule has 1 aromatic heterocycles. The van der Waals surface area contributed by atoms with Gasteiger partial charge in [0, 0.05) is 11.9 Å². The molecule has 0 bridgehead atoms. The number of nitrogens with zero attached hydrogens (tertiary/aromatic N) is 1. The molecule has 0 saturated carbocycles. The van der Waals surface area contributed by atoms with Crippen LogP contribution in [0.15, 0.2) is 22.7 Å². The Morgan fingerprint density at radius 1 is 1.50 bits per heavy atom. The molecule has 2 rings (SSSR count). The molecular weight excluding hydrogens is 180 g/mol. The lowest BCUT2D eigenvalue weighted by atomic mass is 10.1. The number of hydrogen-bond donors (Lipinski definition) is 1. The van der Waals surface area contributed by atoms with Crippen LogP contribution in [0.25, 0.3) is 11.0 Å². The van der Waals surface area contributed by atoms with E-state index in [4.69, 9.17) is 9.36 Å². The molecule has 0 aliphatic carbocycles. The molecule has 0 spiro atoms. The molecule has 14 heavy (non-hydrogen) atoms. The summed E-state index contributed by atoms with van der Waals surface area (Å²) in [7, 11) is 1.59. The van der Waals surface area contributed by atoms with Crippen molar-refractivity contribution >= 4 is 11.0 Å². The van der Waals surface area contributed by atoms with Crippen LogP contribution in [-0.2, 0) is 11.4 Å². The van der Waals surface area contributed by atoms with Crippen molar-refractivity contribution in [1.29, 1.82) is 0 Å². The molecule has 0 saturated heterocycles. The van der Waals surface area contributed by atoms with E-state index in [1.54, 1.807) is 7.11 Å². The number of aryl methyl sites for hydroxylation is 1. The lowest BCUT2D eigenvalue weighted by Crippen LogP contribution is -2.10. The van der Waals surface area contributed by atoms with Gasteiger partial charge >= 0.3 is 0 Å². The monoisotopic (exact) mass is 192 g/mol. The Bertz CT molecular complexity index is 437. The SMILES string of the molecule is CONCc1ccc2c(C)noc2c1. The first-order valence-electron chi connectivity index (χ1n) is 4.42. The summed E-state index contributed by atoms with van der Waals surface area (Å²) in [5.74, 6) is 0. The highest BCUT2D eigenvalue weighted by atomic mass is 16.6. The summed E-state index contributed by atoms with van der Waals surface area (Å²) in [5.41, 5.74) is 5.62. The number of fused-ring (bicyclic) bond motifs is 1. The first-order chi connectivity index (χ1) is 6.81. The maximum atomic E-state index is 5.15. The average molecular weight is 192 g/mol. The van der Waals surface area contributed by atoms with Crippen LogP contribution in [0, 0.1) is 6.92 Å². The summed E-state index contributed by atoms with van der Waals surface area (Å²) in [6, 6.07) is 5.99. The van der Waals surface area contributed by atoms with Crippen LogP contribution in [0.5, 0.6) is 0 Å². The van der Waals surface area contributed by atoms with Gasteiger partial charge in [-0.2, -0.15) is 5.48 Å². The molecular formula is C10H12N2O2. The van der Waals surface area contributed by atoms with Crippen molar-refractivity contribution in [3.05, 3.63) is 29.5 Å². The van der Waals surface area contributed by atoms with Crippen molar-refractivity contribution in [2.45, 2.75) is 13.5 Å². The Morgan fingerprint density at radius 2 is 2.36 bits per heavy atom. The summed E-state index contributed by atoms with van der Waals surface area (Å²) in [6.45, 7) is 2.59. The zero-order chi connectivity index (χ0) is 9.97. The molecule has 74 valence electrons. The van der Waals surface area contributed by atoms with E-state index in [1.807, 2.05) is 25.1 Å². The Morgan fingerprint density at radius 3 is 3.14 bits per heavy atom. The molecule has 4 heteroatoms. The van der Waals surface area contributed by atoms with Crippen LogP contribution in [0.1, 0.15) is 11.3 Å². The topological polar surface area (TPSA) is 47.3 Å². The van der Waals surface area contributed by atoms with Gasteiger partial charge in [0.2, 0.25) is 0 Å². The van der Waals surface area contributed by atoms with Gasteiger partial charge in [0.15, 0.2) is 5.58 Å². The predicted molar refractivity (Wildman–Crippen MR) is 52.6 cm³/mol. The molecule has 0 aliphatic rings. The molecule has 1 aromatic carbocycles. The van der Waals surface area contributed by atoms with E-state index in [0.717, 1.165) is 22.2 Å². The van der Waals surface area contributed by atoms with Gasteiger partial charge in [-0.3, -0.25) is 0 Å². The summed E-state index contributed by atoms with van der Waals surface area (Å²) in [6.07, 6.45) is 0. The first-order valence-corrected chi connectivity index (χ1v) is 4.42. The standard InChI is InChI=1S/C10H12N2O2/c1-7-9-4-3-8(6-11-13-2)5-10(9)14-12-7/h3-5,11H,6H2,1-2H3. The van der Waals surface area contributed by atoms with Crippen LogP contribution in [0.2, 0.25) is 0 Å². The van der Waals surface area contributed by atoms with E-state index in [9.17, 15) is 0 Å². The van der Waals surface area contributed by atoms with Crippen molar-refractivity contribution in [2.24, 2.45) is 0 Å². The second-order valence-corrected chi connectivity index (χ2v) is 3.12. The molecule has 1 heterocycles. The van der Waals surface area contributed by atoms with Gasteiger partial charge in [-0.25, -0.2) is 0 Å². The Labute approximate surface area is 81.8 Å². The molecule has 0 radical (unpaired) electrons. The van der Waals surface area contributed by atoms with Gasteiger partial charge in [0.25, 0.3) is 0 Å². The second kappa shape index (κ2) is 3.77. The third-order valence-corrected chi connectivity index (χ3v) is 2.14. The number of aromatic nitrogens is 1. The number of rotatable bonds is 3. The number of benzene rings is 1. The van der Waals surface area contributed by atoms with Crippen molar-refractivity contribution in [3.8, 4) is 0 Å². The summed E-state index contributed by atoms with van der Waals surface area (Å²) in [4.78, 5) is 4.77. The fourth-order valence-electron chi connectivity index (χ4n) is 1.37. The van der Waals surface area contributed by atoms with E-state index < -0.39 is 0 Å². The fourth-order valence-corrected chi connectivity index (χ4v) is 1.37. The molecule has 2 aromatic rings. The number of hydroxylamine groups is 1. The third-order valence-electron chi connectivity index (χ3n) is 2.14. The van der Waals surface area contributed by atoms with Crippen molar-refractivity contribution in [3.63, 3.8) is 0 Å². The highest BCUT2D eigenvalue weighted by Crippen LogP contribution is 2.18. The largest absolute Gasteiger partial charge is 0.356 e. The van der Waals surface area contributed by atoms with E-state index in [0.29, 0.717) is 6.54 Å². The maximum Gasteiger partial charge on any atom is 0.167 e. The van der Waals surface area contributed by atoms with E-state index in [-0.39, 0.29) is 0 Å². The molecule has 0 aliphatic heterocycles.